The lowest BCUT2D eigenvalue weighted by Gasteiger charge is -2.38. The molecule has 9 nitrogen and oxygen atoms in total. The van der Waals surface area contributed by atoms with Crippen molar-refractivity contribution in [3.8, 4) is 5.75 Å². The van der Waals surface area contributed by atoms with Crippen LogP contribution in [0.3, 0.4) is 0 Å². The Labute approximate surface area is 279 Å². The second-order valence-corrected chi connectivity index (χ2v) is 16.7. The summed E-state index contributed by atoms with van der Waals surface area (Å²) in [6, 6.07) is 13.2. The molecule has 0 saturated carbocycles. The highest BCUT2D eigenvalue weighted by molar-refractivity contribution is 5.87. The number of aliphatic imine (C=N–C) groups is 1. The zero-order chi connectivity index (χ0) is 36.1. The van der Waals surface area contributed by atoms with Gasteiger partial charge in [-0.1, -0.05) is 119 Å². The van der Waals surface area contributed by atoms with Crippen molar-refractivity contribution >= 4 is 17.6 Å². The number of hydrogen-bond acceptors (Lipinski definition) is 7. The second kappa shape index (κ2) is 12.5. The highest BCUT2D eigenvalue weighted by Crippen LogP contribution is 2.43. The van der Waals surface area contributed by atoms with Gasteiger partial charge in [-0.05, 0) is 62.0 Å². The molecular formula is C38H51N3O6. The molecule has 0 spiro atoms. The average Bonchev–Trinajstić information content (AvgIpc) is 2.93. The first kappa shape index (κ1) is 37.3. The summed E-state index contributed by atoms with van der Waals surface area (Å²) in [6.45, 7) is 27.2. The largest absolute Gasteiger partial charge is 0.502 e. The number of benzene rings is 3. The van der Waals surface area contributed by atoms with Gasteiger partial charge in [0.15, 0.2) is 0 Å². The summed E-state index contributed by atoms with van der Waals surface area (Å²) in [5.41, 5.74) is 1.11. The molecule has 3 aromatic rings. The molecule has 0 radical (unpaired) electrons. The summed E-state index contributed by atoms with van der Waals surface area (Å²) >= 11 is 0. The molecular weight excluding hydrogens is 594 g/mol. The topological polar surface area (TPSA) is 139 Å². The average molecular weight is 646 g/mol. The summed E-state index contributed by atoms with van der Waals surface area (Å²) in [7, 11) is 0. The van der Waals surface area contributed by atoms with Gasteiger partial charge >= 0.3 is 5.69 Å². The number of phenolic OH excluding ortho intramolecular Hbond substituents is 1. The number of non-ortho nitro benzene ring substituents is 1. The van der Waals surface area contributed by atoms with Crippen LogP contribution in [0.4, 0.5) is 11.4 Å². The summed E-state index contributed by atoms with van der Waals surface area (Å²) < 4.78 is 0. The SMILES string of the molecule is C[C@H](N=Cc1cc([N+](=O)[O-])cc([N+](=O)[O-])c1O)C(O)(c1cc(C(C)(C)C)cc(C(C)(C)C)c1)c1cc(C(C)(C)C)cc(C(C)(C)C)c1. The van der Waals surface area contributed by atoms with Crippen LogP contribution in [0, 0.1) is 20.2 Å². The van der Waals surface area contributed by atoms with E-state index in [1.165, 1.54) is 6.21 Å². The van der Waals surface area contributed by atoms with Crippen molar-refractivity contribution in [2.75, 3.05) is 0 Å². The molecule has 2 N–H and O–H groups in total. The van der Waals surface area contributed by atoms with E-state index in [1.807, 2.05) is 24.3 Å². The van der Waals surface area contributed by atoms with Gasteiger partial charge in [-0.3, -0.25) is 25.2 Å². The summed E-state index contributed by atoms with van der Waals surface area (Å²) in [5.74, 6) is -0.741. The fraction of sp³-hybridized carbons (Fsp3) is 0.500. The van der Waals surface area contributed by atoms with Crippen LogP contribution in [0.5, 0.6) is 5.75 Å². The highest BCUT2D eigenvalue weighted by Gasteiger charge is 2.41. The van der Waals surface area contributed by atoms with Crippen LogP contribution < -0.4 is 0 Å². The van der Waals surface area contributed by atoms with Gasteiger partial charge in [-0.25, -0.2) is 0 Å². The Hall–Kier alpha value is -4.11. The van der Waals surface area contributed by atoms with Crippen molar-refractivity contribution in [3.05, 3.63) is 108 Å². The molecule has 0 bridgehead atoms. The van der Waals surface area contributed by atoms with Crippen LogP contribution in [-0.4, -0.2) is 32.3 Å². The van der Waals surface area contributed by atoms with Gasteiger partial charge in [0.25, 0.3) is 5.69 Å². The predicted octanol–water partition coefficient (Wildman–Crippen LogP) is 9.14. The molecule has 3 aromatic carbocycles. The molecule has 254 valence electrons. The number of nitrogens with zero attached hydrogens (tertiary/aromatic N) is 3. The normalized spacial score (nSPS) is 14.0. The number of hydrogen-bond donors (Lipinski definition) is 2. The third-order valence-electron chi connectivity index (χ3n) is 8.76. The van der Waals surface area contributed by atoms with E-state index in [0.717, 1.165) is 28.3 Å². The fourth-order valence-corrected chi connectivity index (χ4v) is 5.35. The molecule has 0 unspecified atom stereocenters. The van der Waals surface area contributed by atoms with Crippen molar-refractivity contribution < 1.29 is 20.1 Å². The van der Waals surface area contributed by atoms with Crippen molar-refractivity contribution in [1.82, 2.24) is 0 Å². The van der Waals surface area contributed by atoms with Crippen molar-refractivity contribution in [3.63, 3.8) is 0 Å². The van der Waals surface area contributed by atoms with Gasteiger partial charge in [0, 0.05) is 17.8 Å². The smallest absolute Gasteiger partial charge is 0.318 e. The third kappa shape index (κ3) is 8.07. The van der Waals surface area contributed by atoms with E-state index < -0.39 is 38.6 Å². The molecule has 0 aliphatic rings. The van der Waals surface area contributed by atoms with Crippen LogP contribution in [0.2, 0.25) is 0 Å². The van der Waals surface area contributed by atoms with Gasteiger partial charge < -0.3 is 10.2 Å². The van der Waals surface area contributed by atoms with E-state index in [0.29, 0.717) is 17.2 Å². The monoisotopic (exact) mass is 645 g/mol. The molecule has 0 saturated heterocycles. The highest BCUT2D eigenvalue weighted by atomic mass is 16.6. The number of phenols is 1. The molecule has 1 atom stereocenters. The Morgan fingerprint density at radius 1 is 0.617 bits per heavy atom. The maximum absolute atomic E-state index is 13.2. The molecule has 0 heterocycles. The van der Waals surface area contributed by atoms with Crippen molar-refractivity contribution in [2.24, 2.45) is 4.99 Å². The lowest BCUT2D eigenvalue weighted by molar-refractivity contribution is -0.394. The summed E-state index contributed by atoms with van der Waals surface area (Å²) in [5, 5.41) is 47.1. The van der Waals surface area contributed by atoms with E-state index in [4.69, 9.17) is 0 Å². The molecule has 0 amide bonds. The molecule has 0 aliphatic heterocycles. The maximum Gasteiger partial charge on any atom is 0.318 e. The Morgan fingerprint density at radius 3 is 1.26 bits per heavy atom. The van der Waals surface area contributed by atoms with E-state index in [1.54, 1.807) is 6.92 Å². The number of aromatic hydroxyl groups is 1. The zero-order valence-electron chi connectivity index (χ0n) is 30.1. The Morgan fingerprint density at radius 2 is 0.957 bits per heavy atom. The number of nitro groups is 2. The standard InChI is InChI=1S/C38H51N3O6/c1-23(39-22-24-14-31(40(44)45)21-32(33(24)42)41(46)47)38(43,29-17-25(34(2,3)4)15-26(18-29)35(5,6)7)30-19-27(36(8,9)10)16-28(20-30)37(11,12)13/h14-23,42-43H,1-13H3/t23-/m0/s1. The van der Waals surface area contributed by atoms with Crippen molar-refractivity contribution in [1.29, 1.82) is 0 Å². The van der Waals surface area contributed by atoms with Gasteiger partial charge in [-0.15, -0.1) is 0 Å². The van der Waals surface area contributed by atoms with E-state index in [-0.39, 0.29) is 27.2 Å². The minimum atomic E-state index is -1.72. The lowest BCUT2D eigenvalue weighted by Crippen LogP contribution is -2.39. The molecule has 9 heteroatoms. The summed E-state index contributed by atoms with van der Waals surface area (Å²) in [6.07, 6.45) is 1.17. The number of aliphatic hydroxyl groups is 1. The first-order chi connectivity index (χ1) is 21.2. The van der Waals surface area contributed by atoms with Crippen LogP contribution >= 0.6 is 0 Å². The minimum Gasteiger partial charge on any atom is -0.502 e. The van der Waals surface area contributed by atoms with Gasteiger partial charge in [0.2, 0.25) is 5.75 Å². The molecule has 0 aromatic heterocycles. The first-order valence-electron chi connectivity index (χ1n) is 15.9. The van der Waals surface area contributed by atoms with Gasteiger partial charge in [0.1, 0.15) is 5.60 Å². The lowest BCUT2D eigenvalue weighted by atomic mass is 9.71. The number of nitro benzene ring substituents is 2. The van der Waals surface area contributed by atoms with Crippen LogP contribution in [0.1, 0.15) is 129 Å². The Kier molecular flexibility index (Phi) is 9.92. The predicted molar refractivity (Wildman–Crippen MR) is 189 cm³/mol. The fourth-order valence-electron chi connectivity index (χ4n) is 5.35. The molecule has 0 fully saturated rings. The summed E-state index contributed by atoms with van der Waals surface area (Å²) in [4.78, 5) is 26.2. The minimum absolute atomic E-state index is 0.197. The first-order valence-corrected chi connectivity index (χ1v) is 15.9. The quantitative estimate of drug-likeness (QED) is 0.149. The van der Waals surface area contributed by atoms with E-state index in [2.05, 4.69) is 100 Å². The molecule has 47 heavy (non-hydrogen) atoms. The Bertz CT molecular complexity index is 1570. The van der Waals surface area contributed by atoms with Crippen molar-refractivity contribution in [2.45, 2.75) is 123 Å². The Balaban J connectivity index is 2.47. The third-order valence-corrected chi connectivity index (χ3v) is 8.76. The van der Waals surface area contributed by atoms with Crippen LogP contribution in [-0.2, 0) is 27.3 Å². The maximum atomic E-state index is 13.2. The van der Waals surface area contributed by atoms with Gasteiger partial charge in [0.05, 0.1) is 22.0 Å². The van der Waals surface area contributed by atoms with Crippen LogP contribution in [0.25, 0.3) is 0 Å². The molecule has 3 rings (SSSR count). The van der Waals surface area contributed by atoms with Crippen LogP contribution in [0.15, 0.2) is 53.5 Å². The van der Waals surface area contributed by atoms with Gasteiger partial charge in [-0.2, -0.15) is 0 Å². The second-order valence-electron chi connectivity index (χ2n) is 16.7. The van der Waals surface area contributed by atoms with E-state index >= 15 is 0 Å². The zero-order valence-corrected chi connectivity index (χ0v) is 30.1. The molecule has 0 aliphatic carbocycles. The van der Waals surface area contributed by atoms with E-state index in [9.17, 15) is 30.4 Å². The number of rotatable bonds is 7.